The minimum Gasteiger partial charge on any atom is -0.232 e. The summed E-state index contributed by atoms with van der Waals surface area (Å²) in [6, 6.07) is 27.7. The lowest BCUT2D eigenvalue weighted by Gasteiger charge is -2.09. The molecule has 0 aliphatic heterocycles. The van der Waals surface area contributed by atoms with E-state index >= 15 is 0 Å². The summed E-state index contributed by atoms with van der Waals surface area (Å²) >= 11 is 0. The van der Waals surface area contributed by atoms with Gasteiger partial charge in [-0.2, -0.15) is 4.57 Å². The molecule has 1 heterocycles. The maximum Gasteiger partial charge on any atom is 0.294 e. The van der Waals surface area contributed by atoms with E-state index in [-0.39, 0.29) is 0 Å². The third-order valence-electron chi connectivity index (χ3n) is 4.62. The summed E-state index contributed by atoms with van der Waals surface area (Å²) in [5.41, 5.74) is 6.16. The molecule has 122 valence electrons. The van der Waals surface area contributed by atoms with Crippen molar-refractivity contribution >= 4 is 0 Å². The molecule has 4 aromatic rings. The van der Waals surface area contributed by atoms with Crippen LogP contribution in [0, 0.1) is 6.92 Å². The molecule has 0 aliphatic rings. The first-order valence-corrected chi connectivity index (χ1v) is 8.53. The second-order valence-corrected chi connectivity index (χ2v) is 6.33. The molecule has 0 aliphatic carbocycles. The number of para-hydroxylation sites is 1. The number of hydrogen-bond donors (Lipinski definition) is 0. The Morgan fingerprint density at radius 1 is 0.760 bits per heavy atom. The predicted molar refractivity (Wildman–Crippen MR) is 103 cm³/mol. The van der Waals surface area contributed by atoms with Crippen LogP contribution in [0.5, 0.6) is 0 Å². The quantitative estimate of drug-likeness (QED) is 0.472. The highest BCUT2D eigenvalue weighted by Crippen LogP contribution is 2.29. The molecule has 3 aromatic carbocycles. The highest BCUT2D eigenvalue weighted by atomic mass is 15.1. The van der Waals surface area contributed by atoms with E-state index in [2.05, 4.69) is 108 Å². The summed E-state index contributed by atoms with van der Waals surface area (Å²) in [4.78, 5) is 0. The SMILES string of the molecule is Cc1ccc(-c2ccccc2)cc1-c1n(-c2ccccc2)cc[n+]1C. The third-order valence-corrected chi connectivity index (χ3v) is 4.62. The van der Waals surface area contributed by atoms with E-state index in [0.717, 1.165) is 0 Å². The van der Waals surface area contributed by atoms with Gasteiger partial charge in [0.15, 0.2) is 0 Å². The molecule has 0 saturated carbocycles. The van der Waals surface area contributed by atoms with Gasteiger partial charge in [-0.25, -0.2) is 4.57 Å². The van der Waals surface area contributed by atoms with Crippen molar-refractivity contribution < 1.29 is 4.57 Å². The van der Waals surface area contributed by atoms with Crippen LogP contribution in [0.25, 0.3) is 28.2 Å². The Balaban J connectivity index is 1.90. The van der Waals surface area contributed by atoms with Crippen LogP contribution < -0.4 is 4.57 Å². The second kappa shape index (κ2) is 6.40. The van der Waals surface area contributed by atoms with Crippen LogP contribution in [-0.4, -0.2) is 4.57 Å². The number of aryl methyl sites for hydroxylation is 2. The van der Waals surface area contributed by atoms with Gasteiger partial charge in [0.05, 0.1) is 12.6 Å². The van der Waals surface area contributed by atoms with Crippen molar-refractivity contribution in [2.24, 2.45) is 7.05 Å². The van der Waals surface area contributed by atoms with E-state index in [1.54, 1.807) is 0 Å². The average molecular weight is 325 g/mol. The Bertz CT molecular complexity index is 999. The van der Waals surface area contributed by atoms with Crippen LogP contribution in [0.1, 0.15) is 5.56 Å². The molecule has 0 bridgehead atoms. The molecule has 0 fully saturated rings. The second-order valence-electron chi connectivity index (χ2n) is 6.33. The van der Waals surface area contributed by atoms with Crippen LogP contribution >= 0.6 is 0 Å². The Labute approximate surface area is 148 Å². The Morgan fingerprint density at radius 2 is 1.44 bits per heavy atom. The van der Waals surface area contributed by atoms with Crippen molar-refractivity contribution in [1.29, 1.82) is 0 Å². The van der Waals surface area contributed by atoms with Gasteiger partial charge >= 0.3 is 0 Å². The van der Waals surface area contributed by atoms with Crippen LogP contribution in [0.2, 0.25) is 0 Å². The Hall–Kier alpha value is -3.13. The predicted octanol–water partition coefficient (Wildman–Crippen LogP) is 4.94. The van der Waals surface area contributed by atoms with Crippen LogP contribution in [-0.2, 0) is 7.05 Å². The molecule has 0 N–H and O–H groups in total. The lowest BCUT2D eigenvalue weighted by Crippen LogP contribution is -2.29. The van der Waals surface area contributed by atoms with Crippen molar-refractivity contribution in [3.05, 3.63) is 96.8 Å². The molecule has 25 heavy (non-hydrogen) atoms. The number of nitrogens with zero attached hydrogens (tertiary/aromatic N) is 2. The van der Waals surface area contributed by atoms with Crippen molar-refractivity contribution in [2.45, 2.75) is 6.92 Å². The van der Waals surface area contributed by atoms with Crippen LogP contribution in [0.3, 0.4) is 0 Å². The molecule has 1 aromatic heterocycles. The van der Waals surface area contributed by atoms with E-state index in [1.165, 1.54) is 33.8 Å². The lowest BCUT2D eigenvalue weighted by atomic mass is 9.99. The van der Waals surface area contributed by atoms with Crippen molar-refractivity contribution in [2.75, 3.05) is 0 Å². The van der Waals surface area contributed by atoms with Crippen molar-refractivity contribution in [3.63, 3.8) is 0 Å². The van der Waals surface area contributed by atoms with Gasteiger partial charge in [-0.15, -0.1) is 0 Å². The van der Waals surface area contributed by atoms with E-state index in [4.69, 9.17) is 0 Å². The fourth-order valence-corrected chi connectivity index (χ4v) is 3.27. The molecule has 0 amide bonds. The van der Waals surface area contributed by atoms with E-state index < -0.39 is 0 Å². The minimum absolute atomic E-state index is 1.17. The normalized spacial score (nSPS) is 10.8. The zero-order valence-electron chi connectivity index (χ0n) is 14.6. The number of hydrogen-bond acceptors (Lipinski definition) is 0. The number of rotatable bonds is 3. The van der Waals surface area contributed by atoms with Gasteiger partial charge in [0.25, 0.3) is 5.82 Å². The van der Waals surface area contributed by atoms with E-state index in [0.29, 0.717) is 0 Å². The summed E-state index contributed by atoms with van der Waals surface area (Å²) in [5, 5.41) is 0. The van der Waals surface area contributed by atoms with Crippen molar-refractivity contribution in [1.82, 2.24) is 4.57 Å². The monoisotopic (exact) mass is 325 g/mol. The molecule has 4 rings (SSSR count). The van der Waals surface area contributed by atoms with E-state index in [1.807, 2.05) is 6.07 Å². The Kier molecular flexibility index (Phi) is 3.95. The molecular weight excluding hydrogens is 304 g/mol. The molecule has 2 nitrogen and oxygen atoms in total. The van der Waals surface area contributed by atoms with Crippen LogP contribution in [0.15, 0.2) is 91.3 Å². The molecule has 0 radical (unpaired) electrons. The summed E-state index contributed by atoms with van der Waals surface area (Å²) in [6.45, 7) is 2.17. The maximum atomic E-state index is 2.29. The topological polar surface area (TPSA) is 8.81 Å². The van der Waals surface area contributed by atoms with Gasteiger partial charge < -0.3 is 0 Å². The highest BCUT2D eigenvalue weighted by molar-refractivity contribution is 5.72. The summed E-state index contributed by atoms with van der Waals surface area (Å²) in [5.74, 6) is 1.18. The fourth-order valence-electron chi connectivity index (χ4n) is 3.27. The first-order valence-electron chi connectivity index (χ1n) is 8.53. The molecule has 2 heteroatoms. The summed E-state index contributed by atoms with van der Waals surface area (Å²) in [7, 11) is 2.10. The van der Waals surface area contributed by atoms with Crippen molar-refractivity contribution in [3.8, 4) is 28.2 Å². The summed E-state index contributed by atoms with van der Waals surface area (Å²) < 4.78 is 4.43. The molecule has 0 spiro atoms. The average Bonchev–Trinajstić information content (AvgIpc) is 3.05. The number of imidazole rings is 1. The highest BCUT2D eigenvalue weighted by Gasteiger charge is 2.21. The van der Waals surface area contributed by atoms with Gasteiger partial charge in [-0.3, -0.25) is 0 Å². The smallest absolute Gasteiger partial charge is 0.232 e. The Morgan fingerprint density at radius 3 is 2.16 bits per heavy atom. The molecule has 0 saturated heterocycles. The molecular formula is C23H21N2+. The lowest BCUT2D eigenvalue weighted by molar-refractivity contribution is -0.659. The van der Waals surface area contributed by atoms with Gasteiger partial charge in [0, 0.05) is 0 Å². The summed E-state index contributed by atoms with van der Waals surface area (Å²) in [6.07, 6.45) is 4.23. The number of benzene rings is 3. The van der Waals surface area contributed by atoms with Gasteiger partial charge in [0.2, 0.25) is 0 Å². The van der Waals surface area contributed by atoms with Gasteiger partial charge in [-0.05, 0) is 41.8 Å². The number of aromatic nitrogens is 2. The van der Waals surface area contributed by atoms with Crippen LogP contribution in [0.4, 0.5) is 0 Å². The fraction of sp³-hybridized carbons (Fsp3) is 0.0870. The standard InChI is InChI=1S/C23H21N2/c1-18-13-14-20(19-9-5-3-6-10-19)17-22(18)23-24(2)15-16-25(23)21-11-7-4-8-12-21/h3-17H,1-2H3/q+1. The third kappa shape index (κ3) is 2.87. The first-order chi connectivity index (χ1) is 12.2. The molecule has 0 atom stereocenters. The van der Waals surface area contributed by atoms with Gasteiger partial charge in [-0.1, -0.05) is 60.7 Å². The zero-order chi connectivity index (χ0) is 17.2. The zero-order valence-corrected chi connectivity index (χ0v) is 14.6. The van der Waals surface area contributed by atoms with Gasteiger partial charge in [0.1, 0.15) is 18.1 Å². The molecule has 0 unspecified atom stereocenters. The largest absolute Gasteiger partial charge is 0.294 e. The minimum atomic E-state index is 1.17. The van der Waals surface area contributed by atoms with E-state index in [9.17, 15) is 0 Å². The first kappa shape index (κ1) is 15.4. The maximum absolute atomic E-state index is 2.29.